The molecule has 1 aromatic rings. The van der Waals surface area contributed by atoms with Crippen molar-refractivity contribution in [2.24, 2.45) is 5.73 Å². The fourth-order valence-corrected chi connectivity index (χ4v) is 2.10. The number of carbonyl (C=O) groups excluding carboxylic acids is 1. The Morgan fingerprint density at radius 1 is 1.42 bits per heavy atom. The highest BCUT2D eigenvalue weighted by Crippen LogP contribution is 2.15. The molecule has 6 heteroatoms. The Hall–Kier alpha value is -1.66. The molecule has 1 aromatic carbocycles. The minimum atomic E-state index is -0.619. The van der Waals surface area contributed by atoms with E-state index >= 15 is 0 Å². The monoisotopic (exact) mass is 266 g/mol. The van der Waals surface area contributed by atoms with Crippen molar-refractivity contribution in [3.63, 3.8) is 0 Å². The second kappa shape index (κ2) is 6.49. The molecule has 0 saturated carbocycles. The van der Waals surface area contributed by atoms with Crippen LogP contribution in [0.25, 0.3) is 0 Å². The maximum atomic E-state index is 13.7. The van der Waals surface area contributed by atoms with Crippen LogP contribution >= 0.6 is 0 Å². The normalized spacial score (nSPS) is 16.3. The molecule has 1 aliphatic heterocycles. The van der Waals surface area contributed by atoms with Crippen molar-refractivity contribution in [1.82, 2.24) is 10.2 Å². The molecule has 1 amide bonds. The molecule has 19 heavy (non-hydrogen) atoms. The van der Waals surface area contributed by atoms with Gasteiger partial charge in [0.2, 0.25) is 5.91 Å². The number of nitrogens with two attached hydrogens (primary N) is 1. The predicted molar refractivity (Wildman–Crippen MR) is 72.7 cm³/mol. The van der Waals surface area contributed by atoms with E-state index in [1.54, 1.807) is 6.07 Å². The molecule has 0 bridgehead atoms. The Morgan fingerprint density at radius 3 is 2.79 bits per heavy atom. The summed E-state index contributed by atoms with van der Waals surface area (Å²) in [6.45, 7) is 5.59. The minimum Gasteiger partial charge on any atom is -0.381 e. The Bertz CT molecular complexity index is 446. The zero-order valence-electron chi connectivity index (χ0n) is 10.8. The summed E-state index contributed by atoms with van der Waals surface area (Å²) in [4.78, 5) is 13.2. The molecule has 0 unspecified atom stereocenters. The Kier molecular flexibility index (Phi) is 4.70. The number of carbonyl (C=O) groups is 1. The number of nitrogens with one attached hydrogen (secondary N) is 2. The lowest BCUT2D eigenvalue weighted by atomic mass is 10.2. The molecule has 0 spiro atoms. The van der Waals surface area contributed by atoms with E-state index in [0.717, 1.165) is 38.8 Å². The predicted octanol–water partition coefficient (Wildman–Crippen LogP) is 0.242. The molecule has 5 nitrogen and oxygen atoms in total. The van der Waals surface area contributed by atoms with E-state index in [9.17, 15) is 9.18 Å². The first-order valence-electron chi connectivity index (χ1n) is 6.43. The molecule has 4 N–H and O–H groups in total. The molecular weight excluding hydrogens is 247 g/mol. The van der Waals surface area contributed by atoms with E-state index in [1.165, 1.54) is 6.07 Å². The van der Waals surface area contributed by atoms with Crippen LogP contribution in [0.4, 0.5) is 10.1 Å². The van der Waals surface area contributed by atoms with Gasteiger partial charge in [-0.05, 0) is 18.2 Å². The third-order valence-electron chi connectivity index (χ3n) is 3.21. The standard InChI is InChI=1S/C13H19FN4O/c14-11-9-10(13(15)19)1-2-12(11)17-5-8-18-6-3-16-4-7-18/h1-2,9,16-17H,3-8H2,(H2,15,19). The van der Waals surface area contributed by atoms with Crippen molar-refractivity contribution in [3.8, 4) is 0 Å². The number of hydrogen-bond donors (Lipinski definition) is 3. The van der Waals surface area contributed by atoms with Gasteiger partial charge in [-0.25, -0.2) is 4.39 Å². The zero-order valence-corrected chi connectivity index (χ0v) is 10.8. The van der Waals surface area contributed by atoms with E-state index in [0.29, 0.717) is 12.2 Å². The van der Waals surface area contributed by atoms with Crippen LogP contribution < -0.4 is 16.4 Å². The molecule has 2 rings (SSSR count). The van der Waals surface area contributed by atoms with Crippen molar-refractivity contribution >= 4 is 11.6 Å². The first-order chi connectivity index (χ1) is 9.16. The highest BCUT2D eigenvalue weighted by molar-refractivity contribution is 5.93. The summed E-state index contributed by atoms with van der Waals surface area (Å²) < 4.78 is 13.7. The van der Waals surface area contributed by atoms with Gasteiger partial charge in [0.15, 0.2) is 0 Å². The second-order valence-electron chi connectivity index (χ2n) is 4.58. The molecule has 0 radical (unpaired) electrons. The number of anilines is 1. The lowest BCUT2D eigenvalue weighted by Gasteiger charge is -2.27. The van der Waals surface area contributed by atoms with Gasteiger partial charge < -0.3 is 16.4 Å². The molecular formula is C13H19FN4O. The smallest absolute Gasteiger partial charge is 0.248 e. The third kappa shape index (κ3) is 3.90. The second-order valence-corrected chi connectivity index (χ2v) is 4.58. The maximum Gasteiger partial charge on any atom is 0.248 e. The van der Waals surface area contributed by atoms with Crippen LogP contribution in [0.1, 0.15) is 10.4 Å². The summed E-state index contributed by atoms with van der Waals surface area (Å²) in [5.41, 5.74) is 5.68. The maximum absolute atomic E-state index is 13.7. The Balaban J connectivity index is 1.83. The molecule has 0 aliphatic carbocycles. The van der Waals surface area contributed by atoms with Gasteiger partial charge in [-0.2, -0.15) is 0 Å². The van der Waals surface area contributed by atoms with Gasteiger partial charge in [-0.15, -0.1) is 0 Å². The fourth-order valence-electron chi connectivity index (χ4n) is 2.10. The van der Waals surface area contributed by atoms with E-state index in [4.69, 9.17) is 5.73 Å². The highest BCUT2D eigenvalue weighted by Gasteiger charge is 2.10. The lowest BCUT2D eigenvalue weighted by molar-refractivity contribution is 0.1000. The number of rotatable bonds is 5. The topological polar surface area (TPSA) is 70.4 Å². The molecule has 1 aliphatic rings. The van der Waals surface area contributed by atoms with Gasteiger partial charge in [-0.1, -0.05) is 0 Å². The largest absolute Gasteiger partial charge is 0.381 e. The molecule has 0 atom stereocenters. The number of halogens is 1. The zero-order chi connectivity index (χ0) is 13.7. The lowest BCUT2D eigenvalue weighted by Crippen LogP contribution is -2.45. The average molecular weight is 266 g/mol. The van der Waals surface area contributed by atoms with Crippen LogP contribution in [0.2, 0.25) is 0 Å². The summed E-state index contributed by atoms with van der Waals surface area (Å²) in [5, 5.41) is 6.32. The van der Waals surface area contributed by atoms with Crippen molar-refractivity contribution in [2.45, 2.75) is 0 Å². The van der Waals surface area contributed by atoms with Crippen LogP contribution in [0, 0.1) is 5.82 Å². The highest BCUT2D eigenvalue weighted by atomic mass is 19.1. The van der Waals surface area contributed by atoms with Gasteiger partial charge >= 0.3 is 0 Å². The van der Waals surface area contributed by atoms with Crippen LogP contribution in [-0.4, -0.2) is 50.1 Å². The van der Waals surface area contributed by atoms with E-state index in [-0.39, 0.29) is 5.56 Å². The number of benzene rings is 1. The first-order valence-corrected chi connectivity index (χ1v) is 6.43. The fraction of sp³-hybridized carbons (Fsp3) is 0.462. The van der Waals surface area contributed by atoms with Crippen molar-refractivity contribution < 1.29 is 9.18 Å². The van der Waals surface area contributed by atoms with Gasteiger partial charge in [0.1, 0.15) is 5.82 Å². The van der Waals surface area contributed by atoms with Crippen LogP contribution in [0.5, 0.6) is 0 Å². The van der Waals surface area contributed by atoms with Gasteiger partial charge in [-0.3, -0.25) is 9.69 Å². The van der Waals surface area contributed by atoms with Gasteiger partial charge in [0, 0.05) is 44.8 Å². The summed E-state index contributed by atoms with van der Waals surface area (Å²) >= 11 is 0. The van der Waals surface area contributed by atoms with E-state index in [1.807, 2.05) is 0 Å². The summed E-state index contributed by atoms with van der Waals surface area (Å²) in [6.07, 6.45) is 0. The van der Waals surface area contributed by atoms with Gasteiger partial charge in [0.05, 0.1) is 5.69 Å². The van der Waals surface area contributed by atoms with Gasteiger partial charge in [0.25, 0.3) is 0 Å². The number of primary amides is 1. The summed E-state index contributed by atoms with van der Waals surface area (Å²) in [5.74, 6) is -1.07. The van der Waals surface area contributed by atoms with E-state index in [2.05, 4.69) is 15.5 Å². The van der Waals surface area contributed by atoms with Crippen LogP contribution in [0.3, 0.4) is 0 Å². The third-order valence-corrected chi connectivity index (χ3v) is 3.21. The summed E-state index contributed by atoms with van der Waals surface area (Å²) in [6, 6.07) is 4.24. The Labute approximate surface area is 112 Å². The molecule has 0 aromatic heterocycles. The number of hydrogen-bond acceptors (Lipinski definition) is 4. The molecule has 1 fully saturated rings. The molecule has 1 saturated heterocycles. The molecule has 104 valence electrons. The van der Waals surface area contributed by atoms with Crippen molar-refractivity contribution in [2.75, 3.05) is 44.6 Å². The van der Waals surface area contributed by atoms with Crippen LogP contribution in [0.15, 0.2) is 18.2 Å². The average Bonchev–Trinajstić information content (AvgIpc) is 2.41. The van der Waals surface area contributed by atoms with E-state index < -0.39 is 11.7 Å². The molecule has 1 heterocycles. The quantitative estimate of drug-likeness (QED) is 0.714. The van der Waals surface area contributed by atoms with Crippen LogP contribution in [-0.2, 0) is 0 Å². The minimum absolute atomic E-state index is 0.185. The number of nitrogens with zero attached hydrogens (tertiary/aromatic N) is 1. The van der Waals surface area contributed by atoms with Crippen molar-refractivity contribution in [1.29, 1.82) is 0 Å². The Morgan fingerprint density at radius 2 is 2.16 bits per heavy atom. The number of piperazine rings is 1. The van der Waals surface area contributed by atoms with Crippen molar-refractivity contribution in [3.05, 3.63) is 29.6 Å². The summed E-state index contributed by atoms with van der Waals surface area (Å²) in [7, 11) is 0. The SMILES string of the molecule is NC(=O)c1ccc(NCCN2CCNCC2)c(F)c1. The first kappa shape index (κ1) is 13.8. The number of amides is 1.